The fourth-order valence-electron chi connectivity index (χ4n) is 2.29. The molecule has 0 aliphatic heterocycles. The molecule has 0 spiro atoms. The van der Waals surface area contributed by atoms with Gasteiger partial charge in [0.05, 0.1) is 0 Å². The molecular weight excluding hydrogens is 296 g/mol. The van der Waals surface area contributed by atoms with Gasteiger partial charge in [0.2, 0.25) is 0 Å². The number of rotatable bonds is 9. The van der Waals surface area contributed by atoms with Crippen LogP contribution in [0.5, 0.6) is 0 Å². The highest BCUT2D eigenvalue weighted by atomic mass is 35.5. The van der Waals surface area contributed by atoms with E-state index in [1.807, 2.05) is 18.2 Å². The summed E-state index contributed by atoms with van der Waals surface area (Å²) in [7, 11) is 1.80. The lowest BCUT2D eigenvalue weighted by atomic mass is 10.1. The second kappa shape index (κ2) is 11.3. The van der Waals surface area contributed by atoms with Crippen LogP contribution in [0.1, 0.15) is 25.8 Å². The molecule has 0 aliphatic carbocycles. The maximum atomic E-state index is 5.99. The van der Waals surface area contributed by atoms with E-state index < -0.39 is 0 Å². The predicted molar refractivity (Wildman–Crippen MR) is 96.9 cm³/mol. The maximum absolute atomic E-state index is 5.99. The molecule has 0 atom stereocenters. The molecule has 0 saturated carbocycles. The van der Waals surface area contributed by atoms with Crippen LogP contribution in [0.25, 0.3) is 0 Å². The summed E-state index contributed by atoms with van der Waals surface area (Å²) in [6.07, 6.45) is 2.05. The number of benzene rings is 1. The Hall–Kier alpha value is -1.26. The summed E-state index contributed by atoms with van der Waals surface area (Å²) in [6.45, 7) is 9.54. The topological polar surface area (TPSA) is 39.7 Å². The molecule has 0 radical (unpaired) electrons. The first-order valence-corrected chi connectivity index (χ1v) is 8.48. The van der Waals surface area contributed by atoms with E-state index in [4.69, 9.17) is 11.6 Å². The number of nitrogens with one attached hydrogen (secondary N) is 2. The Balaban J connectivity index is 2.20. The highest BCUT2D eigenvalue weighted by Crippen LogP contribution is 2.10. The molecule has 1 rings (SSSR count). The average Bonchev–Trinajstić information content (AvgIpc) is 2.53. The third-order valence-electron chi connectivity index (χ3n) is 3.66. The third kappa shape index (κ3) is 7.66. The Labute approximate surface area is 140 Å². The van der Waals surface area contributed by atoms with Crippen molar-refractivity contribution in [2.45, 2.75) is 26.7 Å². The standard InChI is InChI=1S/C17H29ClN4/c1-4-22(5-2)13-7-11-20-17(19-3)21-12-10-15-8-6-9-16(18)14-15/h6,8-9,14H,4-5,7,10-13H2,1-3H3,(H2,19,20,21). The lowest BCUT2D eigenvalue weighted by Crippen LogP contribution is -2.39. The van der Waals surface area contributed by atoms with E-state index in [0.717, 1.165) is 56.5 Å². The Morgan fingerprint density at radius 2 is 1.91 bits per heavy atom. The fourth-order valence-corrected chi connectivity index (χ4v) is 2.50. The van der Waals surface area contributed by atoms with Gasteiger partial charge in [-0.05, 0) is 50.2 Å². The van der Waals surface area contributed by atoms with Crippen LogP contribution >= 0.6 is 11.6 Å². The molecule has 5 heteroatoms. The van der Waals surface area contributed by atoms with Gasteiger partial charge in [0.1, 0.15) is 0 Å². The van der Waals surface area contributed by atoms with Gasteiger partial charge in [-0.25, -0.2) is 0 Å². The van der Waals surface area contributed by atoms with Crippen molar-refractivity contribution in [3.8, 4) is 0 Å². The van der Waals surface area contributed by atoms with E-state index in [-0.39, 0.29) is 0 Å². The number of hydrogen-bond acceptors (Lipinski definition) is 2. The highest BCUT2D eigenvalue weighted by Gasteiger charge is 2.00. The molecule has 124 valence electrons. The van der Waals surface area contributed by atoms with Gasteiger partial charge < -0.3 is 15.5 Å². The van der Waals surface area contributed by atoms with Crippen LogP contribution in [0.3, 0.4) is 0 Å². The Morgan fingerprint density at radius 3 is 2.55 bits per heavy atom. The van der Waals surface area contributed by atoms with Gasteiger partial charge >= 0.3 is 0 Å². The second-order valence-electron chi connectivity index (χ2n) is 5.19. The van der Waals surface area contributed by atoms with Gasteiger partial charge in [0.25, 0.3) is 0 Å². The van der Waals surface area contributed by atoms with Crippen LogP contribution in [0.4, 0.5) is 0 Å². The van der Waals surface area contributed by atoms with Crippen molar-refractivity contribution in [3.63, 3.8) is 0 Å². The lowest BCUT2D eigenvalue weighted by molar-refractivity contribution is 0.300. The zero-order valence-electron chi connectivity index (χ0n) is 14.0. The van der Waals surface area contributed by atoms with E-state index in [1.165, 1.54) is 5.56 Å². The molecule has 0 amide bonds. The quantitative estimate of drug-likeness (QED) is 0.417. The molecule has 0 heterocycles. The van der Waals surface area contributed by atoms with Crippen LogP contribution in [0.15, 0.2) is 29.3 Å². The molecule has 0 saturated heterocycles. The second-order valence-corrected chi connectivity index (χ2v) is 5.62. The van der Waals surface area contributed by atoms with Crippen LogP contribution in [-0.4, -0.2) is 50.6 Å². The molecule has 0 bridgehead atoms. The van der Waals surface area contributed by atoms with E-state index in [1.54, 1.807) is 7.05 Å². The zero-order valence-corrected chi connectivity index (χ0v) is 14.8. The van der Waals surface area contributed by atoms with Crippen molar-refractivity contribution < 1.29 is 0 Å². The minimum absolute atomic E-state index is 0.788. The predicted octanol–water partition coefficient (Wildman–Crippen LogP) is 2.78. The molecule has 0 fully saturated rings. The van der Waals surface area contributed by atoms with Gasteiger partial charge in [-0.3, -0.25) is 4.99 Å². The summed E-state index contributed by atoms with van der Waals surface area (Å²) in [4.78, 5) is 6.68. The highest BCUT2D eigenvalue weighted by molar-refractivity contribution is 6.30. The van der Waals surface area contributed by atoms with Crippen LogP contribution in [0.2, 0.25) is 5.02 Å². The molecular formula is C17H29ClN4. The number of halogens is 1. The van der Waals surface area contributed by atoms with Crippen molar-refractivity contribution in [2.75, 3.05) is 39.8 Å². The average molecular weight is 325 g/mol. The van der Waals surface area contributed by atoms with Gasteiger partial charge in [0, 0.05) is 25.2 Å². The maximum Gasteiger partial charge on any atom is 0.190 e. The molecule has 2 N–H and O–H groups in total. The van der Waals surface area contributed by atoms with E-state index >= 15 is 0 Å². The molecule has 4 nitrogen and oxygen atoms in total. The summed E-state index contributed by atoms with van der Waals surface area (Å²) in [5.74, 6) is 0.863. The summed E-state index contributed by atoms with van der Waals surface area (Å²) in [6, 6.07) is 7.98. The minimum Gasteiger partial charge on any atom is -0.356 e. The van der Waals surface area contributed by atoms with E-state index in [2.05, 4.69) is 40.4 Å². The summed E-state index contributed by atoms with van der Waals surface area (Å²) in [5, 5.41) is 7.48. The number of aliphatic imine (C=N–C) groups is 1. The van der Waals surface area contributed by atoms with Gasteiger partial charge in [0.15, 0.2) is 5.96 Å². The molecule has 1 aromatic carbocycles. The monoisotopic (exact) mass is 324 g/mol. The summed E-state index contributed by atoms with van der Waals surface area (Å²) >= 11 is 5.99. The molecule has 1 aromatic rings. The van der Waals surface area contributed by atoms with Crippen LogP contribution in [-0.2, 0) is 6.42 Å². The fraction of sp³-hybridized carbons (Fsp3) is 0.588. The van der Waals surface area contributed by atoms with Gasteiger partial charge in [-0.15, -0.1) is 0 Å². The third-order valence-corrected chi connectivity index (χ3v) is 3.89. The lowest BCUT2D eigenvalue weighted by Gasteiger charge is -2.18. The Kier molecular flexibility index (Phi) is 9.67. The summed E-state index contributed by atoms with van der Waals surface area (Å²) in [5.41, 5.74) is 1.23. The first-order chi connectivity index (χ1) is 10.7. The van der Waals surface area contributed by atoms with Crippen molar-refractivity contribution >= 4 is 17.6 Å². The van der Waals surface area contributed by atoms with Gasteiger partial charge in [-0.1, -0.05) is 37.6 Å². The molecule has 0 aliphatic rings. The SMILES string of the molecule is CCN(CC)CCCNC(=NC)NCCc1cccc(Cl)c1. The number of guanidine groups is 1. The number of nitrogens with zero attached hydrogens (tertiary/aromatic N) is 2. The Bertz CT molecular complexity index is 444. The van der Waals surface area contributed by atoms with Crippen LogP contribution in [0, 0.1) is 0 Å². The minimum atomic E-state index is 0.788. The summed E-state index contributed by atoms with van der Waals surface area (Å²) < 4.78 is 0. The van der Waals surface area contributed by atoms with Crippen molar-refractivity contribution in [1.29, 1.82) is 0 Å². The van der Waals surface area contributed by atoms with Crippen molar-refractivity contribution in [1.82, 2.24) is 15.5 Å². The number of hydrogen-bond donors (Lipinski definition) is 2. The van der Waals surface area contributed by atoms with E-state index in [9.17, 15) is 0 Å². The van der Waals surface area contributed by atoms with Crippen molar-refractivity contribution in [2.24, 2.45) is 4.99 Å². The van der Waals surface area contributed by atoms with E-state index in [0.29, 0.717) is 0 Å². The first kappa shape index (κ1) is 18.8. The largest absolute Gasteiger partial charge is 0.356 e. The smallest absolute Gasteiger partial charge is 0.190 e. The zero-order chi connectivity index (χ0) is 16.2. The van der Waals surface area contributed by atoms with Gasteiger partial charge in [-0.2, -0.15) is 0 Å². The normalized spacial score (nSPS) is 11.8. The molecule has 0 unspecified atom stereocenters. The van der Waals surface area contributed by atoms with Crippen molar-refractivity contribution in [3.05, 3.63) is 34.9 Å². The van der Waals surface area contributed by atoms with Crippen LogP contribution < -0.4 is 10.6 Å². The Morgan fingerprint density at radius 1 is 1.18 bits per heavy atom. The molecule has 22 heavy (non-hydrogen) atoms. The molecule has 0 aromatic heterocycles. The first-order valence-electron chi connectivity index (χ1n) is 8.10.